The fourth-order valence-corrected chi connectivity index (χ4v) is 2.10. The fraction of sp³-hybridized carbons (Fsp3) is 0.231. The van der Waals surface area contributed by atoms with E-state index in [1.165, 1.54) is 0 Å². The van der Waals surface area contributed by atoms with Gasteiger partial charge in [-0.05, 0) is 43.3 Å². The minimum absolute atomic E-state index is 0.0560. The van der Waals surface area contributed by atoms with E-state index in [1.807, 2.05) is 31.3 Å². The Morgan fingerprint density at radius 3 is 2.83 bits per heavy atom. The van der Waals surface area contributed by atoms with Crippen molar-refractivity contribution < 1.29 is 0 Å². The van der Waals surface area contributed by atoms with E-state index in [4.69, 9.17) is 17.3 Å². The van der Waals surface area contributed by atoms with Gasteiger partial charge in [-0.25, -0.2) is 4.98 Å². The van der Waals surface area contributed by atoms with Crippen LogP contribution in [-0.2, 0) is 6.42 Å². The molecule has 5 heteroatoms. The molecule has 18 heavy (non-hydrogen) atoms. The molecule has 0 spiro atoms. The summed E-state index contributed by atoms with van der Waals surface area (Å²) in [7, 11) is 1.89. The van der Waals surface area contributed by atoms with E-state index in [2.05, 4.69) is 15.3 Å². The molecule has 2 heterocycles. The number of halogens is 1. The normalized spacial score (nSPS) is 12.3. The maximum absolute atomic E-state index is 6.16. The van der Waals surface area contributed by atoms with Crippen LogP contribution < -0.4 is 11.1 Å². The van der Waals surface area contributed by atoms with Gasteiger partial charge in [-0.3, -0.25) is 4.98 Å². The molecule has 0 amide bonds. The molecular formula is C13H15ClN4. The van der Waals surface area contributed by atoms with E-state index >= 15 is 0 Å². The van der Waals surface area contributed by atoms with Crippen LogP contribution in [0, 0.1) is 0 Å². The summed E-state index contributed by atoms with van der Waals surface area (Å²) in [5.74, 6) is 0.523. The van der Waals surface area contributed by atoms with Gasteiger partial charge in [-0.15, -0.1) is 0 Å². The molecule has 0 aromatic carbocycles. The van der Waals surface area contributed by atoms with Crippen molar-refractivity contribution in [3.8, 4) is 0 Å². The van der Waals surface area contributed by atoms with Crippen LogP contribution in [0.3, 0.4) is 0 Å². The predicted molar refractivity (Wildman–Crippen MR) is 73.4 cm³/mol. The molecule has 0 aliphatic rings. The summed E-state index contributed by atoms with van der Waals surface area (Å²) in [6.45, 7) is 0. The van der Waals surface area contributed by atoms with Crippen molar-refractivity contribution >= 4 is 17.4 Å². The number of hydrogen-bond donors (Lipinski definition) is 2. The first-order valence-corrected chi connectivity index (χ1v) is 6.06. The van der Waals surface area contributed by atoms with Crippen molar-refractivity contribution in [1.82, 2.24) is 15.3 Å². The van der Waals surface area contributed by atoms with E-state index in [-0.39, 0.29) is 6.04 Å². The summed E-state index contributed by atoms with van der Waals surface area (Å²) in [5.41, 5.74) is 7.62. The lowest BCUT2D eigenvalue weighted by Gasteiger charge is -2.16. The minimum Gasteiger partial charge on any atom is -0.384 e. The molecule has 0 fully saturated rings. The van der Waals surface area contributed by atoms with Crippen molar-refractivity contribution in [1.29, 1.82) is 0 Å². The van der Waals surface area contributed by atoms with Gasteiger partial charge in [0, 0.05) is 12.4 Å². The first-order valence-electron chi connectivity index (χ1n) is 5.69. The third-order valence-electron chi connectivity index (χ3n) is 2.75. The van der Waals surface area contributed by atoms with E-state index < -0.39 is 0 Å². The van der Waals surface area contributed by atoms with Crippen LogP contribution in [0.4, 0.5) is 5.82 Å². The first kappa shape index (κ1) is 12.8. The fourth-order valence-electron chi connectivity index (χ4n) is 1.85. The number of nitrogens with two attached hydrogens (primary N) is 1. The second kappa shape index (κ2) is 5.80. The average Bonchev–Trinajstić information content (AvgIpc) is 2.37. The highest BCUT2D eigenvalue weighted by Crippen LogP contribution is 2.23. The zero-order valence-corrected chi connectivity index (χ0v) is 10.9. The maximum atomic E-state index is 6.16. The van der Waals surface area contributed by atoms with Gasteiger partial charge < -0.3 is 11.1 Å². The number of anilines is 1. The van der Waals surface area contributed by atoms with Gasteiger partial charge in [0.15, 0.2) is 0 Å². The number of aromatic nitrogens is 2. The van der Waals surface area contributed by atoms with Crippen molar-refractivity contribution in [2.75, 3.05) is 12.8 Å². The molecular weight excluding hydrogens is 248 g/mol. The van der Waals surface area contributed by atoms with Crippen LogP contribution in [0.15, 0.2) is 36.7 Å². The molecule has 94 valence electrons. The third kappa shape index (κ3) is 2.97. The molecule has 0 bridgehead atoms. The molecule has 0 saturated heterocycles. The van der Waals surface area contributed by atoms with Crippen LogP contribution in [0.5, 0.6) is 0 Å². The van der Waals surface area contributed by atoms with Crippen molar-refractivity contribution in [2.45, 2.75) is 12.5 Å². The van der Waals surface area contributed by atoms with Gasteiger partial charge in [-0.2, -0.15) is 0 Å². The summed E-state index contributed by atoms with van der Waals surface area (Å²) >= 11 is 6.16. The lowest BCUT2D eigenvalue weighted by Crippen LogP contribution is -2.20. The van der Waals surface area contributed by atoms with Gasteiger partial charge in [0.1, 0.15) is 5.82 Å². The van der Waals surface area contributed by atoms with Crippen LogP contribution in [0.1, 0.15) is 17.3 Å². The number of hydrogen-bond acceptors (Lipinski definition) is 4. The predicted octanol–water partition coefficient (Wildman–Crippen LogP) is 2.22. The third-order valence-corrected chi connectivity index (χ3v) is 3.07. The standard InChI is InChI=1S/C13H15ClN4/c1-16-11(13-10(14)3-2-5-18-13)7-9-4-6-17-12(15)8-9/h2-6,8,11,16H,7H2,1H3,(H2,15,17). The average molecular weight is 263 g/mol. The molecule has 4 nitrogen and oxygen atoms in total. The lowest BCUT2D eigenvalue weighted by atomic mass is 10.0. The van der Waals surface area contributed by atoms with Crippen molar-refractivity contribution in [3.05, 3.63) is 52.9 Å². The number of likely N-dealkylation sites (N-methyl/N-ethyl adjacent to an activating group) is 1. The SMILES string of the molecule is CNC(Cc1ccnc(N)c1)c1ncccc1Cl. The maximum Gasteiger partial charge on any atom is 0.123 e. The molecule has 1 atom stereocenters. The summed E-state index contributed by atoms with van der Waals surface area (Å²) < 4.78 is 0. The Kier molecular flexibility index (Phi) is 4.12. The van der Waals surface area contributed by atoms with Crippen LogP contribution in [-0.4, -0.2) is 17.0 Å². The second-order valence-electron chi connectivity index (χ2n) is 4.00. The topological polar surface area (TPSA) is 63.8 Å². The lowest BCUT2D eigenvalue weighted by molar-refractivity contribution is 0.576. The highest BCUT2D eigenvalue weighted by molar-refractivity contribution is 6.31. The quantitative estimate of drug-likeness (QED) is 0.887. The number of rotatable bonds is 4. The Morgan fingerprint density at radius 1 is 1.33 bits per heavy atom. The Labute approximate surface area is 111 Å². The monoisotopic (exact) mass is 262 g/mol. The van der Waals surface area contributed by atoms with Gasteiger partial charge >= 0.3 is 0 Å². The highest BCUT2D eigenvalue weighted by atomic mass is 35.5. The molecule has 3 N–H and O–H groups in total. The Morgan fingerprint density at radius 2 is 2.17 bits per heavy atom. The molecule has 1 unspecified atom stereocenters. The number of nitrogen functional groups attached to an aromatic ring is 1. The molecule has 0 saturated carbocycles. The Bertz CT molecular complexity index is 530. The highest BCUT2D eigenvalue weighted by Gasteiger charge is 2.14. The Hall–Kier alpha value is -1.65. The minimum atomic E-state index is 0.0560. The van der Waals surface area contributed by atoms with Crippen LogP contribution in [0.2, 0.25) is 5.02 Å². The second-order valence-corrected chi connectivity index (χ2v) is 4.41. The molecule has 2 aromatic heterocycles. The van der Waals surface area contributed by atoms with Gasteiger partial charge in [0.05, 0.1) is 16.8 Å². The van der Waals surface area contributed by atoms with E-state index in [0.717, 1.165) is 17.7 Å². The van der Waals surface area contributed by atoms with Crippen LogP contribution >= 0.6 is 11.6 Å². The summed E-state index contributed by atoms with van der Waals surface area (Å²) in [6.07, 6.45) is 4.21. The summed E-state index contributed by atoms with van der Waals surface area (Å²) in [6, 6.07) is 7.53. The van der Waals surface area contributed by atoms with E-state index in [1.54, 1.807) is 12.4 Å². The zero-order valence-electron chi connectivity index (χ0n) is 10.1. The Balaban J connectivity index is 2.23. The molecule has 0 radical (unpaired) electrons. The first-order chi connectivity index (χ1) is 8.70. The van der Waals surface area contributed by atoms with Crippen LogP contribution in [0.25, 0.3) is 0 Å². The molecule has 0 aliphatic carbocycles. The number of nitrogens with zero attached hydrogens (tertiary/aromatic N) is 2. The number of pyridine rings is 2. The summed E-state index contributed by atoms with van der Waals surface area (Å²) in [4.78, 5) is 8.31. The zero-order chi connectivity index (χ0) is 13.0. The van der Waals surface area contributed by atoms with Crippen molar-refractivity contribution in [2.24, 2.45) is 0 Å². The van der Waals surface area contributed by atoms with E-state index in [0.29, 0.717) is 10.8 Å². The molecule has 2 aromatic rings. The van der Waals surface area contributed by atoms with Crippen molar-refractivity contribution in [3.63, 3.8) is 0 Å². The van der Waals surface area contributed by atoms with E-state index in [9.17, 15) is 0 Å². The van der Waals surface area contributed by atoms with Gasteiger partial charge in [-0.1, -0.05) is 11.6 Å². The summed E-state index contributed by atoms with van der Waals surface area (Å²) in [5, 5.41) is 3.88. The molecule has 0 aliphatic heterocycles. The van der Waals surface area contributed by atoms with Gasteiger partial charge in [0.25, 0.3) is 0 Å². The van der Waals surface area contributed by atoms with Gasteiger partial charge in [0.2, 0.25) is 0 Å². The molecule has 2 rings (SSSR count). The largest absolute Gasteiger partial charge is 0.384 e. The smallest absolute Gasteiger partial charge is 0.123 e. The number of nitrogens with one attached hydrogen (secondary N) is 1.